The molecular formula is C24H28N4. The van der Waals surface area contributed by atoms with E-state index in [2.05, 4.69) is 65.4 Å². The summed E-state index contributed by atoms with van der Waals surface area (Å²) in [5.41, 5.74) is 5.60. The van der Waals surface area contributed by atoms with Crippen LogP contribution in [0.4, 0.5) is 0 Å². The minimum Gasteiger partial charge on any atom is -0.221 e. The zero-order valence-electron chi connectivity index (χ0n) is 17.1. The predicted octanol–water partition coefficient (Wildman–Crippen LogP) is 6.03. The number of tetrazole rings is 1. The van der Waals surface area contributed by atoms with Gasteiger partial charge in [0.25, 0.3) is 0 Å². The fourth-order valence-electron chi connectivity index (χ4n) is 2.87. The summed E-state index contributed by atoms with van der Waals surface area (Å²) in [4.78, 5) is 0. The van der Waals surface area contributed by atoms with Gasteiger partial charge < -0.3 is 0 Å². The molecule has 0 bridgehead atoms. The van der Waals surface area contributed by atoms with Crippen molar-refractivity contribution in [3.05, 3.63) is 90.6 Å². The lowest BCUT2D eigenvalue weighted by atomic mass is 9.98. The summed E-state index contributed by atoms with van der Waals surface area (Å²) in [5.74, 6) is 0.751. The van der Waals surface area contributed by atoms with Crippen LogP contribution in [0.3, 0.4) is 0 Å². The highest BCUT2D eigenvalue weighted by Crippen LogP contribution is 2.30. The fourth-order valence-corrected chi connectivity index (χ4v) is 2.87. The van der Waals surface area contributed by atoms with Gasteiger partial charge in [-0.1, -0.05) is 98.8 Å². The van der Waals surface area contributed by atoms with Crippen molar-refractivity contribution in [3.63, 3.8) is 0 Å². The molecule has 0 amide bonds. The van der Waals surface area contributed by atoms with Crippen LogP contribution in [0.1, 0.15) is 26.3 Å². The third kappa shape index (κ3) is 5.13. The van der Waals surface area contributed by atoms with E-state index in [-0.39, 0.29) is 0 Å². The molecule has 28 heavy (non-hydrogen) atoms. The summed E-state index contributed by atoms with van der Waals surface area (Å²) < 4.78 is 1.82. The van der Waals surface area contributed by atoms with Gasteiger partial charge in [0.1, 0.15) is 0 Å². The molecule has 0 fully saturated rings. The van der Waals surface area contributed by atoms with E-state index >= 15 is 0 Å². The van der Waals surface area contributed by atoms with Crippen molar-refractivity contribution in [1.82, 2.24) is 20.2 Å². The Bertz CT molecular complexity index is 947. The molecular weight excluding hydrogens is 344 g/mol. The Morgan fingerprint density at radius 3 is 2.36 bits per heavy atom. The molecule has 0 N–H and O–H groups in total. The van der Waals surface area contributed by atoms with Crippen LogP contribution < -0.4 is 0 Å². The standard InChI is InChI=1S/C22H22N4.C2H6/c1-4-8-18(9-5-2)16-26-22(23-24-25-26)21-11-7-6-10-20(21)19-14-12-17(3)13-15-19;1-2/h4-15H,1,16H2,2-3H3;1-2H3/b9-5-,18-8+;. The largest absolute Gasteiger partial charge is 0.221 e. The number of aryl methyl sites for hydroxylation is 1. The van der Waals surface area contributed by atoms with E-state index in [9.17, 15) is 0 Å². The van der Waals surface area contributed by atoms with E-state index in [0.29, 0.717) is 6.54 Å². The van der Waals surface area contributed by atoms with E-state index < -0.39 is 0 Å². The van der Waals surface area contributed by atoms with E-state index in [1.54, 1.807) is 6.08 Å². The Hall–Kier alpha value is -3.27. The predicted molar refractivity (Wildman–Crippen MR) is 118 cm³/mol. The second kappa shape index (κ2) is 10.8. The van der Waals surface area contributed by atoms with E-state index in [1.165, 1.54) is 5.56 Å². The SMILES string of the molecule is C=C/C=C(\C=C/C)Cn1nnnc1-c1ccccc1-c1ccc(C)cc1.CC. The Labute approximate surface area is 167 Å². The molecule has 144 valence electrons. The Kier molecular flexibility index (Phi) is 8.10. The van der Waals surface area contributed by atoms with E-state index in [0.717, 1.165) is 28.1 Å². The van der Waals surface area contributed by atoms with Crippen LogP contribution in [0.5, 0.6) is 0 Å². The lowest BCUT2D eigenvalue weighted by Crippen LogP contribution is -2.05. The fraction of sp³-hybridized carbons (Fsp3) is 0.208. The van der Waals surface area contributed by atoms with Gasteiger partial charge in [0.05, 0.1) is 6.54 Å². The second-order valence-corrected chi connectivity index (χ2v) is 6.05. The molecule has 0 unspecified atom stereocenters. The van der Waals surface area contributed by atoms with Gasteiger partial charge in [0.2, 0.25) is 0 Å². The molecule has 0 radical (unpaired) electrons. The average molecular weight is 373 g/mol. The highest BCUT2D eigenvalue weighted by Gasteiger charge is 2.14. The summed E-state index contributed by atoms with van der Waals surface area (Å²) in [7, 11) is 0. The van der Waals surface area contributed by atoms with Gasteiger partial charge in [0, 0.05) is 5.56 Å². The van der Waals surface area contributed by atoms with Gasteiger partial charge in [-0.2, -0.15) is 0 Å². The van der Waals surface area contributed by atoms with Crippen molar-refractivity contribution in [2.45, 2.75) is 34.2 Å². The molecule has 0 saturated heterocycles. The summed E-state index contributed by atoms with van der Waals surface area (Å²) in [6.45, 7) is 12.4. The van der Waals surface area contributed by atoms with Gasteiger partial charge in [-0.05, 0) is 41.0 Å². The molecule has 0 spiro atoms. The summed E-state index contributed by atoms with van der Waals surface area (Å²) in [5, 5.41) is 12.4. The summed E-state index contributed by atoms with van der Waals surface area (Å²) >= 11 is 0. The number of allylic oxidation sites excluding steroid dienone is 5. The maximum Gasteiger partial charge on any atom is 0.182 e. The van der Waals surface area contributed by atoms with Crippen LogP contribution >= 0.6 is 0 Å². The first kappa shape index (κ1) is 21.0. The van der Waals surface area contributed by atoms with E-state index in [1.807, 2.05) is 55.8 Å². The number of aromatic nitrogens is 4. The van der Waals surface area contributed by atoms with Gasteiger partial charge in [-0.15, -0.1) is 5.10 Å². The molecule has 0 aliphatic carbocycles. The molecule has 1 aromatic heterocycles. The molecule has 0 aliphatic heterocycles. The van der Waals surface area contributed by atoms with Crippen LogP contribution in [0.2, 0.25) is 0 Å². The summed E-state index contributed by atoms with van der Waals surface area (Å²) in [6.07, 6.45) is 7.79. The lowest BCUT2D eigenvalue weighted by molar-refractivity contribution is 0.652. The molecule has 3 aromatic rings. The highest BCUT2D eigenvalue weighted by atomic mass is 15.5. The molecule has 3 rings (SSSR count). The van der Waals surface area contributed by atoms with Crippen molar-refractivity contribution in [2.24, 2.45) is 0 Å². The topological polar surface area (TPSA) is 43.6 Å². The molecule has 0 aliphatic rings. The van der Waals surface area contributed by atoms with Gasteiger partial charge in [-0.3, -0.25) is 0 Å². The van der Waals surface area contributed by atoms with E-state index in [4.69, 9.17) is 0 Å². The Morgan fingerprint density at radius 1 is 1.04 bits per heavy atom. The van der Waals surface area contributed by atoms with Crippen LogP contribution in [-0.2, 0) is 6.54 Å². The highest BCUT2D eigenvalue weighted by molar-refractivity contribution is 5.80. The minimum atomic E-state index is 0.584. The number of benzene rings is 2. The number of nitrogens with zero attached hydrogens (tertiary/aromatic N) is 4. The third-order valence-corrected chi connectivity index (χ3v) is 4.11. The first-order valence-corrected chi connectivity index (χ1v) is 9.60. The monoisotopic (exact) mass is 372 g/mol. The van der Waals surface area contributed by atoms with Gasteiger partial charge in [0.15, 0.2) is 5.82 Å². The molecule has 1 heterocycles. The normalized spacial score (nSPS) is 11.2. The van der Waals surface area contributed by atoms with Crippen molar-refractivity contribution >= 4 is 0 Å². The van der Waals surface area contributed by atoms with Crippen molar-refractivity contribution < 1.29 is 0 Å². The zero-order chi connectivity index (χ0) is 20.4. The van der Waals surface area contributed by atoms with Crippen LogP contribution in [0.25, 0.3) is 22.5 Å². The third-order valence-electron chi connectivity index (χ3n) is 4.11. The zero-order valence-corrected chi connectivity index (χ0v) is 17.1. The van der Waals surface area contributed by atoms with Crippen LogP contribution in [-0.4, -0.2) is 20.2 Å². The van der Waals surface area contributed by atoms with Gasteiger partial charge >= 0.3 is 0 Å². The molecule has 0 atom stereocenters. The van der Waals surface area contributed by atoms with Gasteiger partial charge in [-0.25, -0.2) is 4.68 Å². The molecule has 0 saturated carbocycles. The molecule has 4 heteroatoms. The number of rotatable bonds is 6. The van der Waals surface area contributed by atoms with Crippen LogP contribution in [0.15, 0.2) is 85.0 Å². The second-order valence-electron chi connectivity index (χ2n) is 6.05. The lowest BCUT2D eigenvalue weighted by Gasteiger charge is -2.11. The maximum absolute atomic E-state index is 4.29. The number of hydrogen-bond acceptors (Lipinski definition) is 3. The van der Waals surface area contributed by atoms with Crippen molar-refractivity contribution in [1.29, 1.82) is 0 Å². The van der Waals surface area contributed by atoms with Crippen molar-refractivity contribution in [3.8, 4) is 22.5 Å². The number of hydrogen-bond donors (Lipinski definition) is 0. The molecule has 2 aromatic carbocycles. The average Bonchev–Trinajstić information content (AvgIpc) is 3.18. The maximum atomic E-state index is 4.29. The quantitative estimate of drug-likeness (QED) is 0.496. The Balaban J connectivity index is 0.00000136. The first-order valence-electron chi connectivity index (χ1n) is 9.60. The Morgan fingerprint density at radius 2 is 1.71 bits per heavy atom. The van der Waals surface area contributed by atoms with Crippen LogP contribution in [0, 0.1) is 6.92 Å². The summed E-state index contributed by atoms with van der Waals surface area (Å²) in [6, 6.07) is 16.7. The van der Waals surface area contributed by atoms with Crippen molar-refractivity contribution in [2.75, 3.05) is 0 Å². The smallest absolute Gasteiger partial charge is 0.182 e. The first-order chi connectivity index (χ1) is 13.7. The molecule has 4 nitrogen and oxygen atoms in total. The minimum absolute atomic E-state index is 0.584.